The number of hydrogen-bond acceptors (Lipinski definition) is 7. The number of rotatable bonds is 8. The van der Waals surface area contributed by atoms with E-state index < -0.39 is 0 Å². The van der Waals surface area contributed by atoms with Crippen LogP contribution in [0.15, 0.2) is 75.9 Å². The van der Waals surface area contributed by atoms with Gasteiger partial charge in [-0.25, -0.2) is 0 Å². The molecular weight excluding hydrogens is 424 g/mol. The largest absolute Gasteiger partial charge is 0.497 e. The van der Waals surface area contributed by atoms with Crippen LogP contribution >= 0.6 is 0 Å². The molecule has 0 saturated heterocycles. The van der Waals surface area contributed by atoms with Gasteiger partial charge in [0.1, 0.15) is 11.3 Å². The number of hydrogen-bond donors (Lipinski definition) is 0. The van der Waals surface area contributed by atoms with Gasteiger partial charge in [-0.05, 0) is 54.6 Å². The Balaban J connectivity index is 1.71. The van der Waals surface area contributed by atoms with Crippen molar-refractivity contribution in [2.45, 2.75) is 0 Å². The van der Waals surface area contributed by atoms with E-state index in [1.165, 1.54) is 14.2 Å². The third kappa shape index (κ3) is 4.39. The van der Waals surface area contributed by atoms with Crippen LogP contribution in [-0.4, -0.2) is 33.7 Å². The van der Waals surface area contributed by atoms with E-state index in [0.29, 0.717) is 39.3 Å². The Morgan fingerprint density at radius 1 is 0.848 bits per heavy atom. The molecule has 7 heteroatoms. The van der Waals surface area contributed by atoms with E-state index in [1.807, 2.05) is 0 Å². The summed E-state index contributed by atoms with van der Waals surface area (Å²) in [5.74, 6) is 1.46. The molecular formula is C26H22O7. The quantitative estimate of drug-likeness (QED) is 0.361. The Morgan fingerprint density at radius 2 is 1.58 bits per heavy atom. The summed E-state index contributed by atoms with van der Waals surface area (Å²) < 4.78 is 27.5. The van der Waals surface area contributed by atoms with Crippen molar-refractivity contribution in [1.29, 1.82) is 0 Å². The first kappa shape index (κ1) is 22.0. The number of fused-ring (bicyclic) bond motifs is 1. The molecule has 4 rings (SSSR count). The van der Waals surface area contributed by atoms with E-state index in [0.717, 1.165) is 0 Å². The van der Waals surface area contributed by atoms with E-state index in [1.54, 1.807) is 73.8 Å². The molecule has 0 unspecified atom stereocenters. The number of ether oxygens (including phenoxy) is 4. The Bertz CT molecular complexity index is 1350. The zero-order valence-corrected chi connectivity index (χ0v) is 18.4. The molecule has 0 atom stereocenters. The first-order valence-electron chi connectivity index (χ1n) is 10.1. The van der Waals surface area contributed by atoms with Crippen molar-refractivity contribution in [3.63, 3.8) is 0 Å². The third-order valence-corrected chi connectivity index (χ3v) is 5.16. The van der Waals surface area contributed by atoms with Crippen molar-refractivity contribution in [2.24, 2.45) is 0 Å². The molecule has 0 amide bonds. The van der Waals surface area contributed by atoms with Crippen molar-refractivity contribution in [2.75, 3.05) is 27.9 Å². The Kier molecular flexibility index (Phi) is 6.31. The number of ketones is 1. The summed E-state index contributed by atoms with van der Waals surface area (Å²) in [6.07, 6.45) is 0. The lowest BCUT2D eigenvalue weighted by atomic mass is 10.1. The monoisotopic (exact) mass is 446 g/mol. The van der Waals surface area contributed by atoms with Gasteiger partial charge in [0.15, 0.2) is 29.6 Å². The van der Waals surface area contributed by atoms with Crippen molar-refractivity contribution < 1.29 is 28.2 Å². The van der Waals surface area contributed by atoms with Crippen LogP contribution in [0, 0.1) is 0 Å². The van der Waals surface area contributed by atoms with Gasteiger partial charge in [0.25, 0.3) is 0 Å². The van der Waals surface area contributed by atoms with Gasteiger partial charge in [-0.2, -0.15) is 0 Å². The van der Waals surface area contributed by atoms with Crippen LogP contribution in [0.25, 0.3) is 22.3 Å². The molecule has 0 aliphatic heterocycles. The standard InChI is InChI=1S/C26H22O7/c1-29-18-11-8-16(9-12-18)25-26(24(28)19-6-4-5-7-21(19)33-25)32-15-20(27)17-10-13-22(30-2)23(14-17)31-3/h4-14H,15H2,1-3H3. The van der Waals surface area contributed by atoms with Crippen LogP contribution in [0.1, 0.15) is 10.4 Å². The predicted molar refractivity (Wildman–Crippen MR) is 124 cm³/mol. The zero-order chi connectivity index (χ0) is 23.4. The zero-order valence-electron chi connectivity index (χ0n) is 18.4. The first-order chi connectivity index (χ1) is 16.0. The van der Waals surface area contributed by atoms with Gasteiger partial charge in [0.2, 0.25) is 11.2 Å². The molecule has 7 nitrogen and oxygen atoms in total. The molecule has 0 spiro atoms. The Hall–Kier alpha value is -4.26. The second-order valence-corrected chi connectivity index (χ2v) is 7.10. The molecule has 0 N–H and O–H groups in total. The molecule has 0 aliphatic carbocycles. The average Bonchev–Trinajstić information content (AvgIpc) is 2.87. The fraction of sp³-hybridized carbons (Fsp3) is 0.154. The van der Waals surface area contributed by atoms with Gasteiger partial charge < -0.3 is 23.4 Å². The molecule has 1 aromatic heterocycles. The Morgan fingerprint density at radius 3 is 2.27 bits per heavy atom. The summed E-state index contributed by atoms with van der Waals surface area (Å²) in [6.45, 7) is -0.359. The maximum Gasteiger partial charge on any atom is 0.235 e. The number of carbonyl (C=O) groups is 1. The van der Waals surface area contributed by atoms with E-state index >= 15 is 0 Å². The minimum atomic E-state index is -0.359. The second kappa shape index (κ2) is 9.48. The van der Waals surface area contributed by atoms with Crippen molar-refractivity contribution in [3.8, 4) is 34.3 Å². The minimum Gasteiger partial charge on any atom is -0.497 e. The highest BCUT2D eigenvalue weighted by atomic mass is 16.5. The van der Waals surface area contributed by atoms with Crippen molar-refractivity contribution in [1.82, 2.24) is 0 Å². The molecule has 0 fully saturated rings. The topological polar surface area (TPSA) is 84.2 Å². The molecule has 33 heavy (non-hydrogen) atoms. The second-order valence-electron chi connectivity index (χ2n) is 7.10. The maximum atomic E-state index is 13.2. The van der Waals surface area contributed by atoms with E-state index in [-0.39, 0.29) is 29.3 Å². The molecule has 0 aliphatic rings. The molecule has 0 bridgehead atoms. The van der Waals surface area contributed by atoms with Gasteiger partial charge in [0, 0.05) is 11.1 Å². The molecule has 0 radical (unpaired) electrons. The number of Topliss-reactive ketones (excluding diaryl/α,β-unsaturated/α-hetero) is 1. The van der Waals surface area contributed by atoms with E-state index in [9.17, 15) is 9.59 Å². The average molecular weight is 446 g/mol. The summed E-state index contributed by atoms with van der Waals surface area (Å²) in [5, 5.41) is 0.364. The van der Waals surface area contributed by atoms with Crippen LogP contribution in [0.3, 0.4) is 0 Å². The number of benzene rings is 3. The lowest BCUT2D eigenvalue weighted by Crippen LogP contribution is -2.17. The smallest absolute Gasteiger partial charge is 0.235 e. The normalized spacial score (nSPS) is 10.6. The molecule has 4 aromatic rings. The maximum absolute atomic E-state index is 13.2. The summed E-state index contributed by atoms with van der Waals surface area (Å²) >= 11 is 0. The van der Waals surface area contributed by atoms with Crippen LogP contribution < -0.4 is 24.4 Å². The van der Waals surface area contributed by atoms with Crippen molar-refractivity contribution >= 4 is 16.8 Å². The van der Waals surface area contributed by atoms with Gasteiger partial charge in [0.05, 0.1) is 26.7 Å². The van der Waals surface area contributed by atoms with Crippen LogP contribution in [0.2, 0.25) is 0 Å². The van der Waals surface area contributed by atoms with Crippen LogP contribution in [0.5, 0.6) is 23.0 Å². The summed E-state index contributed by atoms with van der Waals surface area (Å²) in [4.78, 5) is 26.0. The summed E-state index contributed by atoms with van der Waals surface area (Å²) in [6, 6.07) is 18.7. The van der Waals surface area contributed by atoms with Gasteiger partial charge in [-0.1, -0.05) is 12.1 Å². The third-order valence-electron chi connectivity index (χ3n) is 5.16. The van der Waals surface area contributed by atoms with Crippen LogP contribution in [0.4, 0.5) is 0 Å². The summed E-state index contributed by atoms with van der Waals surface area (Å²) in [5.41, 5.74) is 1.05. The molecule has 168 valence electrons. The predicted octanol–water partition coefficient (Wildman–Crippen LogP) is 4.75. The van der Waals surface area contributed by atoms with Gasteiger partial charge in [-0.3, -0.25) is 9.59 Å². The minimum absolute atomic E-state index is 0.0345. The van der Waals surface area contributed by atoms with Gasteiger partial charge >= 0.3 is 0 Å². The lowest BCUT2D eigenvalue weighted by Gasteiger charge is -2.12. The fourth-order valence-electron chi connectivity index (χ4n) is 3.42. The van der Waals surface area contributed by atoms with E-state index in [2.05, 4.69) is 0 Å². The van der Waals surface area contributed by atoms with Crippen LogP contribution in [-0.2, 0) is 0 Å². The highest BCUT2D eigenvalue weighted by molar-refractivity contribution is 5.98. The molecule has 1 heterocycles. The Labute approximate surface area is 190 Å². The first-order valence-corrected chi connectivity index (χ1v) is 10.1. The highest BCUT2D eigenvalue weighted by Gasteiger charge is 2.20. The SMILES string of the molecule is COc1ccc(-c2oc3ccccc3c(=O)c2OCC(=O)c2ccc(OC)c(OC)c2)cc1. The number of methoxy groups -OCH3 is 3. The molecule has 0 saturated carbocycles. The van der Waals surface area contributed by atoms with Crippen molar-refractivity contribution in [3.05, 3.63) is 82.5 Å². The van der Waals surface area contributed by atoms with E-state index in [4.69, 9.17) is 23.4 Å². The lowest BCUT2D eigenvalue weighted by molar-refractivity contribution is 0.0920. The van der Waals surface area contributed by atoms with Gasteiger partial charge in [-0.15, -0.1) is 0 Å². The molecule has 3 aromatic carbocycles. The number of carbonyl (C=O) groups excluding carboxylic acids is 1. The fourth-order valence-corrected chi connectivity index (χ4v) is 3.42. The number of para-hydroxylation sites is 1. The highest BCUT2D eigenvalue weighted by Crippen LogP contribution is 2.32. The summed E-state index contributed by atoms with van der Waals surface area (Å²) in [7, 11) is 4.58.